The van der Waals surface area contributed by atoms with Crippen LogP contribution in [0.5, 0.6) is 0 Å². The number of piperidine rings is 3. The van der Waals surface area contributed by atoms with E-state index < -0.39 is 52.7 Å². The molecule has 3 aliphatic carbocycles. The molecule has 0 spiro atoms. The zero-order valence-corrected chi connectivity index (χ0v) is 81.2. The Hall–Kier alpha value is -8.17. The molecule has 24 nitrogen and oxygen atoms in total. The SMILES string of the molecule is CN(C)CCCC[C@H](C(=O)N1CC[C@@H](NC(=O)c2cc(F)c(F)cc2F)[C@@H](C(=O)NCc2cccs2)C1)N(C)C1CCCCC1.CN(C)CCCC[C@H](C(=O)N1CC[C@@H](NC(=O)c2ccc(Cl)cc2)[C@@H](C(=O)NCc2cccs2)C1)N(C)C1CCCCC1.CN(C)CCCC[C@H](C(=O)N1CC[C@@H](NC(=O)c2ccccc2)[C@@H](C(=O)NCc2cccs2)C1)N(C)C1CCCCC1. The van der Waals surface area contributed by atoms with E-state index in [1.54, 1.807) is 64.0 Å². The Morgan fingerprint density at radius 2 is 0.692 bits per heavy atom. The maximum atomic E-state index is 14.4. The minimum atomic E-state index is -1.39. The van der Waals surface area contributed by atoms with Crippen molar-refractivity contribution in [1.82, 2.24) is 76.0 Å². The molecule has 0 unspecified atom stereocenters. The van der Waals surface area contributed by atoms with Crippen LogP contribution in [0.25, 0.3) is 0 Å². The van der Waals surface area contributed by atoms with Crippen molar-refractivity contribution in [2.45, 2.75) is 247 Å². The van der Waals surface area contributed by atoms with Gasteiger partial charge >= 0.3 is 0 Å². The molecule has 3 aromatic carbocycles. The molecule has 714 valence electrons. The van der Waals surface area contributed by atoms with Gasteiger partial charge in [-0.2, -0.15) is 0 Å². The number of thiophene rings is 3. The van der Waals surface area contributed by atoms with Gasteiger partial charge in [-0.05, 0) is 256 Å². The van der Waals surface area contributed by atoms with Crippen molar-refractivity contribution in [2.24, 2.45) is 17.8 Å². The van der Waals surface area contributed by atoms with Gasteiger partial charge in [-0.1, -0.05) is 125 Å². The Bertz CT molecular complexity index is 4470. The van der Waals surface area contributed by atoms with Gasteiger partial charge in [0.1, 0.15) is 5.82 Å². The zero-order chi connectivity index (χ0) is 93.2. The van der Waals surface area contributed by atoms with Crippen LogP contribution in [0.15, 0.2) is 119 Å². The minimum absolute atomic E-state index is 0.0274. The second-order valence-corrected chi connectivity index (χ2v) is 40.6. The number of halogens is 4. The van der Waals surface area contributed by atoms with E-state index in [2.05, 4.69) is 104 Å². The van der Waals surface area contributed by atoms with Crippen LogP contribution in [0.1, 0.15) is 219 Å². The molecule has 3 aliphatic heterocycles. The third-order valence-corrected chi connectivity index (χ3v) is 29.8. The molecule has 3 saturated heterocycles. The molecule has 6 heterocycles. The summed E-state index contributed by atoms with van der Waals surface area (Å²) in [5.74, 6) is -7.61. The number of likely N-dealkylation sites (tertiary alicyclic amines) is 3. The number of carbonyl (C=O) groups is 9. The van der Waals surface area contributed by atoms with Crippen LogP contribution >= 0.6 is 45.6 Å². The Balaban J connectivity index is 0.000000203. The molecule has 9 atom stereocenters. The molecule has 6 N–H and O–H groups in total. The fourth-order valence-corrected chi connectivity index (χ4v) is 21.3. The summed E-state index contributed by atoms with van der Waals surface area (Å²) >= 11 is 10.7. The Kier molecular flexibility index (Phi) is 42.9. The van der Waals surface area contributed by atoms with Gasteiger partial charge in [-0.15, -0.1) is 34.0 Å². The van der Waals surface area contributed by atoms with Gasteiger partial charge in [0.15, 0.2) is 11.6 Å². The molecule has 3 saturated carbocycles. The molecule has 31 heteroatoms. The number of hydrogen-bond donors (Lipinski definition) is 6. The summed E-state index contributed by atoms with van der Waals surface area (Å²) in [5, 5.41) is 24.4. The maximum Gasteiger partial charge on any atom is 0.254 e. The first-order valence-corrected chi connectivity index (χ1v) is 50.4. The average molecular weight is 1880 g/mol. The number of benzene rings is 3. The first kappa shape index (κ1) is 104. The summed E-state index contributed by atoms with van der Waals surface area (Å²) in [4.78, 5) is 145. The second-order valence-electron chi connectivity index (χ2n) is 37.1. The summed E-state index contributed by atoms with van der Waals surface area (Å²) < 4.78 is 41.8. The lowest BCUT2D eigenvalue weighted by atomic mass is 9.89. The largest absolute Gasteiger partial charge is 0.351 e. The lowest BCUT2D eigenvalue weighted by Crippen LogP contribution is -2.60. The second kappa shape index (κ2) is 53.7. The molecule has 12 rings (SSSR count). The van der Waals surface area contributed by atoms with Crippen molar-refractivity contribution in [3.63, 3.8) is 0 Å². The van der Waals surface area contributed by atoms with E-state index in [0.717, 1.165) is 137 Å². The summed E-state index contributed by atoms with van der Waals surface area (Å²) in [7, 11) is 18.7. The lowest BCUT2D eigenvalue weighted by molar-refractivity contribution is -0.143. The molecule has 3 aromatic heterocycles. The van der Waals surface area contributed by atoms with Crippen molar-refractivity contribution in [3.05, 3.63) is 173 Å². The first-order chi connectivity index (χ1) is 62.6. The van der Waals surface area contributed by atoms with Crippen molar-refractivity contribution in [1.29, 1.82) is 0 Å². The van der Waals surface area contributed by atoms with E-state index in [1.807, 2.05) is 102 Å². The third-order valence-electron chi connectivity index (χ3n) is 27.0. The fourth-order valence-electron chi connectivity index (χ4n) is 19.2. The molecule has 6 aliphatic rings. The van der Waals surface area contributed by atoms with Crippen LogP contribution in [0.3, 0.4) is 0 Å². The number of amides is 9. The van der Waals surface area contributed by atoms with Crippen molar-refractivity contribution in [2.75, 3.05) is 122 Å². The van der Waals surface area contributed by atoms with E-state index in [-0.39, 0.29) is 97.0 Å². The van der Waals surface area contributed by atoms with Crippen LogP contribution in [-0.2, 0) is 48.4 Å². The van der Waals surface area contributed by atoms with E-state index in [1.165, 1.54) is 56.3 Å². The molecule has 0 bridgehead atoms. The van der Waals surface area contributed by atoms with Crippen LogP contribution in [0, 0.1) is 35.2 Å². The monoisotopic (exact) mass is 1870 g/mol. The first-order valence-electron chi connectivity index (χ1n) is 47.3. The van der Waals surface area contributed by atoms with Crippen molar-refractivity contribution >= 4 is 98.8 Å². The standard InChI is InChI=1S/C33H48ClN5O3S.C33H46F3N5O3S.C33H49N5O3S/c1-37(2)19-8-7-13-30(38(3)26-10-5-4-6-11-26)33(42)39-20-18-29(36-31(40)24-14-16-25(34)17-15-24)28(23-39)32(41)35-22-27-12-9-21-43-27;1-39(2)15-8-7-13-30(40(3)22-10-5-4-6-11-22)33(44)41-16-14-29(25(21-41)31(42)37-20-23-12-9-17-45-23)38-32(43)24-18-27(35)28(36)19-26(24)34;1-36(2)20-11-10-18-30(37(3)26-15-8-5-9-16-26)33(41)38-21-19-29(35-31(39)25-13-6-4-7-14-25)28(24-38)32(40)34-23-27-17-12-22-42-27/h9,12,14-17,21,26,28-30H,4-8,10-11,13,18-20,22-23H2,1-3H3,(H,35,41)(H,36,40);9,12,17-19,22,25,29-30H,4-8,10-11,13-16,20-21H2,1-3H3,(H,37,42)(H,38,43);4,6-7,12-14,17,22,26,28-30H,5,8-11,15-16,18-21,23-24H2,1-3H3,(H,34,40)(H,35,39)/t28-,29+,30+;25-,29+,30+;28-,29+,30+/m000/s1. The van der Waals surface area contributed by atoms with Crippen molar-refractivity contribution in [3.8, 4) is 0 Å². The van der Waals surface area contributed by atoms with Gasteiger partial charge in [0.25, 0.3) is 17.7 Å². The number of likely N-dealkylation sites (N-methyl/N-ethyl adjacent to an activating group) is 3. The number of nitrogens with one attached hydrogen (secondary N) is 6. The summed E-state index contributed by atoms with van der Waals surface area (Å²) in [6.07, 6.45) is 27.1. The smallest absolute Gasteiger partial charge is 0.254 e. The highest BCUT2D eigenvalue weighted by atomic mass is 35.5. The van der Waals surface area contributed by atoms with E-state index in [9.17, 15) is 56.3 Å². The number of nitrogens with zero attached hydrogens (tertiary/aromatic N) is 9. The molecule has 9 amide bonds. The van der Waals surface area contributed by atoms with Gasteiger partial charge in [-0.25, -0.2) is 13.2 Å². The van der Waals surface area contributed by atoms with Gasteiger partial charge in [0, 0.05) is 112 Å². The van der Waals surface area contributed by atoms with Gasteiger partial charge in [0.2, 0.25) is 35.4 Å². The highest BCUT2D eigenvalue weighted by Gasteiger charge is 2.45. The van der Waals surface area contributed by atoms with E-state index in [4.69, 9.17) is 11.6 Å². The van der Waals surface area contributed by atoms with E-state index >= 15 is 0 Å². The average Bonchev–Trinajstić information content (AvgIpc) is 0.995. The lowest BCUT2D eigenvalue weighted by Gasteiger charge is -2.42. The highest BCUT2D eigenvalue weighted by molar-refractivity contribution is 7.10. The summed E-state index contributed by atoms with van der Waals surface area (Å²) in [6, 6.07) is 27.4. The fraction of sp³-hybridized carbons (Fsp3) is 0.606. The van der Waals surface area contributed by atoms with Crippen molar-refractivity contribution < 1.29 is 56.3 Å². The predicted molar refractivity (Wildman–Crippen MR) is 513 cm³/mol. The molecule has 6 fully saturated rings. The maximum absolute atomic E-state index is 14.4. The number of rotatable bonds is 39. The molecular formula is C99H143ClF3N15O9S3. The summed E-state index contributed by atoms with van der Waals surface area (Å²) in [5.41, 5.74) is 0.422. The van der Waals surface area contributed by atoms with Crippen LogP contribution in [-0.4, -0.2) is 274 Å². The number of unbranched alkanes of at least 4 members (excludes halogenated alkanes) is 3. The topological polar surface area (TPSA) is 255 Å². The van der Waals surface area contributed by atoms with Crippen LogP contribution < -0.4 is 31.9 Å². The third kappa shape index (κ3) is 32.0. The predicted octanol–water partition coefficient (Wildman–Crippen LogP) is 14.2. The molecule has 0 radical (unpaired) electrons. The normalized spacial score (nSPS) is 20.2. The van der Waals surface area contributed by atoms with Crippen LogP contribution in [0.2, 0.25) is 5.02 Å². The summed E-state index contributed by atoms with van der Waals surface area (Å²) in [6.45, 7) is 6.10. The highest BCUT2D eigenvalue weighted by Crippen LogP contribution is 2.33. The molecular weight excluding hydrogens is 1730 g/mol. The van der Waals surface area contributed by atoms with E-state index in [0.29, 0.717) is 111 Å². The quantitative estimate of drug-likeness (QED) is 0.0155. The Morgan fingerprint density at radius 3 is 1.01 bits per heavy atom. The Labute approximate surface area is 786 Å². The Morgan fingerprint density at radius 1 is 0.377 bits per heavy atom. The number of carbonyl (C=O) groups excluding carboxylic acids is 9. The number of hydrogen-bond acceptors (Lipinski definition) is 18. The van der Waals surface area contributed by atoms with Gasteiger partial charge in [0.05, 0.1) is 61.1 Å². The van der Waals surface area contributed by atoms with Crippen LogP contribution in [0.4, 0.5) is 13.2 Å². The molecule has 130 heavy (non-hydrogen) atoms. The van der Waals surface area contributed by atoms with Gasteiger partial charge in [-0.3, -0.25) is 57.9 Å². The van der Waals surface area contributed by atoms with Gasteiger partial charge < -0.3 is 61.3 Å². The molecule has 6 aromatic rings. The zero-order valence-electron chi connectivity index (χ0n) is 78.0. The minimum Gasteiger partial charge on any atom is -0.351 e.